The first kappa shape index (κ1) is 20.8. The SMILES string of the molecule is CN(Cc1nc(-c2ccc(Cl)cc2)no1)C(=O)/C=C/c1ccc(C(C)(C)C)cc1. The largest absolute Gasteiger partial charge is 0.337 e. The molecule has 0 unspecified atom stereocenters. The summed E-state index contributed by atoms with van der Waals surface area (Å²) in [5.41, 5.74) is 3.14. The Bertz CT molecular complexity index is 1000. The molecule has 0 N–H and O–H groups in total. The monoisotopic (exact) mass is 409 g/mol. The Kier molecular flexibility index (Phi) is 6.18. The molecule has 0 spiro atoms. The molecule has 0 radical (unpaired) electrons. The molecule has 0 bridgehead atoms. The first-order valence-electron chi connectivity index (χ1n) is 9.34. The van der Waals surface area contributed by atoms with E-state index in [0.717, 1.165) is 11.1 Å². The highest BCUT2D eigenvalue weighted by Gasteiger charge is 2.14. The fourth-order valence-corrected chi connectivity index (χ4v) is 2.83. The van der Waals surface area contributed by atoms with Crippen LogP contribution >= 0.6 is 11.6 Å². The third-order valence-corrected chi connectivity index (χ3v) is 4.77. The molecule has 1 amide bonds. The van der Waals surface area contributed by atoms with Crippen LogP contribution in [0.1, 0.15) is 37.8 Å². The van der Waals surface area contributed by atoms with Crippen molar-refractivity contribution in [3.05, 3.63) is 76.6 Å². The fraction of sp³-hybridized carbons (Fsp3) is 0.261. The van der Waals surface area contributed by atoms with E-state index in [0.29, 0.717) is 16.7 Å². The van der Waals surface area contributed by atoms with Crippen molar-refractivity contribution < 1.29 is 9.32 Å². The van der Waals surface area contributed by atoms with E-state index in [4.69, 9.17) is 16.1 Å². The van der Waals surface area contributed by atoms with Crippen LogP contribution in [0.3, 0.4) is 0 Å². The van der Waals surface area contributed by atoms with Crippen molar-refractivity contribution in [1.29, 1.82) is 0 Å². The van der Waals surface area contributed by atoms with E-state index in [-0.39, 0.29) is 17.9 Å². The Morgan fingerprint density at radius 2 is 1.76 bits per heavy atom. The Hall–Kier alpha value is -2.92. The van der Waals surface area contributed by atoms with Crippen LogP contribution in [0.25, 0.3) is 17.5 Å². The lowest BCUT2D eigenvalue weighted by atomic mass is 9.87. The lowest BCUT2D eigenvalue weighted by molar-refractivity contribution is -0.125. The third-order valence-electron chi connectivity index (χ3n) is 4.51. The highest BCUT2D eigenvalue weighted by atomic mass is 35.5. The van der Waals surface area contributed by atoms with Crippen molar-refractivity contribution in [3.63, 3.8) is 0 Å². The molecule has 0 saturated carbocycles. The van der Waals surface area contributed by atoms with Gasteiger partial charge in [0.2, 0.25) is 17.6 Å². The summed E-state index contributed by atoms with van der Waals surface area (Å²) < 4.78 is 5.27. The number of halogens is 1. The van der Waals surface area contributed by atoms with Crippen LogP contribution in [0.5, 0.6) is 0 Å². The van der Waals surface area contributed by atoms with Gasteiger partial charge in [-0.2, -0.15) is 4.98 Å². The average Bonchev–Trinajstić information content (AvgIpc) is 3.14. The van der Waals surface area contributed by atoms with Gasteiger partial charge in [0, 0.05) is 23.7 Å². The lowest BCUT2D eigenvalue weighted by Crippen LogP contribution is -2.24. The first-order valence-corrected chi connectivity index (χ1v) is 9.72. The second-order valence-corrected chi connectivity index (χ2v) is 8.35. The summed E-state index contributed by atoms with van der Waals surface area (Å²) in [7, 11) is 1.70. The number of benzene rings is 2. The lowest BCUT2D eigenvalue weighted by Gasteiger charge is -2.18. The van der Waals surface area contributed by atoms with Crippen molar-refractivity contribution in [3.8, 4) is 11.4 Å². The molecule has 29 heavy (non-hydrogen) atoms. The van der Waals surface area contributed by atoms with Crippen LogP contribution in [0.2, 0.25) is 5.02 Å². The van der Waals surface area contributed by atoms with Gasteiger partial charge in [0.25, 0.3) is 0 Å². The second-order valence-electron chi connectivity index (χ2n) is 7.92. The fourth-order valence-electron chi connectivity index (χ4n) is 2.71. The van der Waals surface area contributed by atoms with Gasteiger partial charge in [-0.1, -0.05) is 61.8 Å². The number of rotatable bonds is 5. The predicted octanol–water partition coefficient (Wildman–Crippen LogP) is 5.36. The smallest absolute Gasteiger partial charge is 0.246 e. The second kappa shape index (κ2) is 8.62. The van der Waals surface area contributed by atoms with Crippen LogP contribution in [0.15, 0.2) is 59.1 Å². The molecule has 3 rings (SSSR count). The molecule has 1 heterocycles. The van der Waals surface area contributed by atoms with Gasteiger partial charge in [0.15, 0.2) is 0 Å². The molecule has 6 heteroatoms. The maximum Gasteiger partial charge on any atom is 0.246 e. The van der Waals surface area contributed by atoms with Crippen molar-refractivity contribution in [2.45, 2.75) is 32.7 Å². The zero-order chi connectivity index (χ0) is 21.0. The summed E-state index contributed by atoms with van der Waals surface area (Å²) in [5.74, 6) is 0.692. The molecule has 3 aromatic rings. The number of aromatic nitrogens is 2. The van der Waals surface area contributed by atoms with Gasteiger partial charge < -0.3 is 9.42 Å². The van der Waals surface area contributed by atoms with E-state index in [1.807, 2.05) is 24.3 Å². The van der Waals surface area contributed by atoms with Gasteiger partial charge in [-0.05, 0) is 46.9 Å². The molecule has 0 aliphatic heterocycles. The minimum atomic E-state index is -0.142. The molecule has 0 aliphatic rings. The highest BCUT2D eigenvalue weighted by molar-refractivity contribution is 6.30. The quantitative estimate of drug-likeness (QED) is 0.532. The zero-order valence-corrected chi connectivity index (χ0v) is 17.8. The van der Waals surface area contributed by atoms with E-state index >= 15 is 0 Å². The van der Waals surface area contributed by atoms with Crippen LogP contribution < -0.4 is 0 Å². The number of hydrogen-bond donors (Lipinski definition) is 0. The summed E-state index contributed by atoms with van der Waals surface area (Å²) in [6.45, 7) is 6.75. The van der Waals surface area contributed by atoms with E-state index in [9.17, 15) is 4.79 Å². The predicted molar refractivity (Wildman–Crippen MR) is 115 cm³/mol. The molecule has 5 nitrogen and oxygen atoms in total. The van der Waals surface area contributed by atoms with Gasteiger partial charge in [-0.3, -0.25) is 4.79 Å². The number of likely N-dealkylation sites (N-methyl/N-ethyl adjacent to an activating group) is 1. The topological polar surface area (TPSA) is 59.2 Å². The molecule has 0 saturated heterocycles. The van der Waals surface area contributed by atoms with E-state index < -0.39 is 0 Å². The maximum atomic E-state index is 12.4. The molecular formula is C23H24ClN3O2. The number of nitrogens with zero attached hydrogens (tertiary/aromatic N) is 3. The first-order chi connectivity index (χ1) is 13.7. The van der Waals surface area contributed by atoms with Crippen LogP contribution in [-0.2, 0) is 16.8 Å². The summed E-state index contributed by atoms with van der Waals surface area (Å²) >= 11 is 5.89. The maximum absolute atomic E-state index is 12.4. The normalized spacial score (nSPS) is 11.8. The number of carbonyl (C=O) groups is 1. The van der Waals surface area contributed by atoms with Gasteiger partial charge >= 0.3 is 0 Å². The van der Waals surface area contributed by atoms with Crippen molar-refractivity contribution in [2.24, 2.45) is 0 Å². The molecule has 150 valence electrons. The minimum absolute atomic E-state index is 0.104. The van der Waals surface area contributed by atoms with E-state index in [2.05, 4.69) is 43.0 Å². The van der Waals surface area contributed by atoms with Crippen LogP contribution in [0, 0.1) is 0 Å². The standard InChI is InChI=1S/C23H24ClN3O2/c1-23(2,3)18-10-5-16(6-11-18)7-14-21(28)27(4)15-20-25-22(26-29-20)17-8-12-19(24)13-9-17/h5-14H,15H2,1-4H3/b14-7+. The molecule has 1 aromatic heterocycles. The van der Waals surface area contributed by atoms with Crippen molar-refractivity contribution in [1.82, 2.24) is 15.0 Å². The van der Waals surface area contributed by atoms with Gasteiger partial charge in [-0.15, -0.1) is 0 Å². The Morgan fingerprint density at radius 3 is 2.38 bits per heavy atom. The number of carbonyl (C=O) groups excluding carboxylic acids is 1. The van der Waals surface area contributed by atoms with Gasteiger partial charge in [-0.25, -0.2) is 0 Å². The van der Waals surface area contributed by atoms with E-state index in [1.54, 1.807) is 31.3 Å². The van der Waals surface area contributed by atoms with Crippen LogP contribution in [-0.4, -0.2) is 28.0 Å². The summed E-state index contributed by atoms with van der Waals surface area (Å²) in [6.07, 6.45) is 3.35. The van der Waals surface area contributed by atoms with Gasteiger partial charge in [0.05, 0.1) is 6.54 Å². The summed E-state index contributed by atoms with van der Waals surface area (Å²) in [5, 5.41) is 4.61. The minimum Gasteiger partial charge on any atom is -0.337 e. The van der Waals surface area contributed by atoms with E-state index in [1.165, 1.54) is 10.5 Å². The Morgan fingerprint density at radius 1 is 1.10 bits per heavy atom. The molecule has 0 atom stereocenters. The number of hydrogen-bond acceptors (Lipinski definition) is 4. The average molecular weight is 410 g/mol. The molecular weight excluding hydrogens is 386 g/mol. The Balaban J connectivity index is 1.60. The molecule has 0 fully saturated rings. The third kappa shape index (κ3) is 5.55. The summed E-state index contributed by atoms with van der Waals surface area (Å²) in [6, 6.07) is 15.4. The van der Waals surface area contributed by atoms with Crippen LogP contribution in [0.4, 0.5) is 0 Å². The molecule has 0 aliphatic carbocycles. The zero-order valence-electron chi connectivity index (χ0n) is 17.0. The summed E-state index contributed by atoms with van der Waals surface area (Å²) in [4.78, 5) is 18.3. The van der Waals surface area contributed by atoms with Crippen molar-refractivity contribution in [2.75, 3.05) is 7.05 Å². The highest BCUT2D eigenvalue weighted by Crippen LogP contribution is 2.22. The van der Waals surface area contributed by atoms with Crippen molar-refractivity contribution >= 4 is 23.6 Å². The number of amides is 1. The molecule has 2 aromatic carbocycles. The Labute approximate surface area is 176 Å². The van der Waals surface area contributed by atoms with Gasteiger partial charge in [0.1, 0.15) is 0 Å².